The third kappa shape index (κ3) is 7.64. The Hall–Kier alpha value is -4.70. The maximum Gasteiger partial charge on any atom is 0.387 e. The van der Waals surface area contributed by atoms with E-state index in [-0.39, 0.29) is 69.5 Å². The molecule has 1 aromatic heterocycles. The number of primary amides is 1. The highest BCUT2D eigenvalue weighted by molar-refractivity contribution is 6.34. The molecular weight excluding hydrogens is 674 g/mol. The van der Waals surface area contributed by atoms with Crippen LogP contribution in [0.3, 0.4) is 0 Å². The van der Waals surface area contributed by atoms with E-state index >= 15 is 0 Å². The minimum Gasteiger partial charge on any atom is -0.432 e. The summed E-state index contributed by atoms with van der Waals surface area (Å²) < 4.78 is 59.1. The first kappa shape index (κ1) is 35.6. The van der Waals surface area contributed by atoms with Crippen molar-refractivity contribution >= 4 is 40.9 Å². The first-order valence-corrected chi connectivity index (χ1v) is 15.7. The van der Waals surface area contributed by atoms with Crippen LogP contribution in [0.25, 0.3) is 11.3 Å². The molecular formula is C32H34ClF4N7O5. The molecule has 0 spiro atoms. The van der Waals surface area contributed by atoms with Gasteiger partial charge in [0.25, 0.3) is 11.8 Å². The number of nitrogens with zero attached hydrogens (tertiary/aromatic N) is 5. The van der Waals surface area contributed by atoms with Crippen LogP contribution in [0.2, 0.25) is 5.02 Å². The lowest BCUT2D eigenvalue weighted by Gasteiger charge is -2.35. The highest BCUT2D eigenvalue weighted by Gasteiger charge is 2.53. The third-order valence-electron chi connectivity index (χ3n) is 8.86. The van der Waals surface area contributed by atoms with E-state index in [0.717, 1.165) is 18.3 Å². The summed E-state index contributed by atoms with van der Waals surface area (Å²) in [5, 5.41) is 2.67. The van der Waals surface area contributed by atoms with E-state index in [0.29, 0.717) is 32.7 Å². The Bertz CT molecular complexity index is 1780. The Morgan fingerprint density at radius 1 is 1.08 bits per heavy atom. The van der Waals surface area contributed by atoms with Gasteiger partial charge in [-0.3, -0.25) is 24.1 Å². The van der Waals surface area contributed by atoms with Crippen LogP contribution in [0, 0.1) is 29.4 Å². The number of likely N-dealkylation sites (N-methyl/N-ethyl adjacent to an activating group) is 1. The number of anilines is 1. The molecule has 49 heavy (non-hydrogen) atoms. The Labute approximate surface area is 283 Å². The van der Waals surface area contributed by atoms with Crippen molar-refractivity contribution in [3.8, 4) is 17.0 Å². The van der Waals surface area contributed by atoms with Crippen molar-refractivity contribution in [3.05, 3.63) is 64.6 Å². The molecule has 3 aromatic rings. The molecule has 1 aliphatic heterocycles. The van der Waals surface area contributed by atoms with Gasteiger partial charge in [0, 0.05) is 56.9 Å². The van der Waals surface area contributed by atoms with Crippen molar-refractivity contribution in [3.63, 3.8) is 0 Å². The number of nitrogens with two attached hydrogens (primary N) is 1. The summed E-state index contributed by atoms with van der Waals surface area (Å²) in [5.74, 6) is -5.51. The molecule has 0 radical (unpaired) electrons. The van der Waals surface area contributed by atoms with E-state index in [4.69, 9.17) is 17.3 Å². The van der Waals surface area contributed by atoms with Crippen LogP contribution >= 0.6 is 11.6 Å². The molecule has 0 unspecified atom stereocenters. The Morgan fingerprint density at radius 2 is 1.76 bits per heavy atom. The predicted molar refractivity (Wildman–Crippen MR) is 170 cm³/mol. The first-order valence-electron chi connectivity index (χ1n) is 15.3. The molecule has 2 heterocycles. The average molecular weight is 708 g/mol. The number of imidazole rings is 1. The van der Waals surface area contributed by atoms with Gasteiger partial charge in [-0.1, -0.05) is 18.5 Å². The number of amides is 4. The zero-order valence-electron chi connectivity index (χ0n) is 26.8. The summed E-state index contributed by atoms with van der Waals surface area (Å²) in [6.07, 6.45) is 1.12. The second-order valence-corrected chi connectivity index (χ2v) is 12.5. The number of halogens is 5. The van der Waals surface area contributed by atoms with Gasteiger partial charge in [0.2, 0.25) is 17.6 Å². The number of carbonyl (C=O) groups is 4. The van der Waals surface area contributed by atoms with Gasteiger partial charge in [-0.15, -0.1) is 0 Å². The van der Waals surface area contributed by atoms with Crippen molar-refractivity contribution in [2.75, 3.05) is 51.6 Å². The van der Waals surface area contributed by atoms with Crippen LogP contribution in [-0.2, 0) is 16.6 Å². The predicted octanol–water partition coefficient (Wildman–Crippen LogP) is 3.46. The summed E-state index contributed by atoms with van der Waals surface area (Å²) in [7, 11) is 3.18. The van der Waals surface area contributed by atoms with Crippen molar-refractivity contribution in [1.29, 1.82) is 0 Å². The quantitative estimate of drug-likeness (QED) is 0.291. The van der Waals surface area contributed by atoms with Gasteiger partial charge < -0.3 is 30.2 Å². The lowest BCUT2D eigenvalue weighted by atomic mass is 10.1. The summed E-state index contributed by atoms with van der Waals surface area (Å²) >= 11 is 6.45. The molecule has 1 aliphatic carbocycles. The highest BCUT2D eigenvalue weighted by atomic mass is 35.5. The van der Waals surface area contributed by atoms with Crippen LogP contribution in [0.1, 0.15) is 27.9 Å². The molecule has 17 heteroatoms. The van der Waals surface area contributed by atoms with Crippen molar-refractivity contribution in [2.45, 2.75) is 13.5 Å². The normalized spacial score (nSPS) is 18.9. The number of benzene rings is 2. The molecule has 5 rings (SSSR count). The van der Waals surface area contributed by atoms with E-state index in [1.807, 2.05) is 11.8 Å². The number of piperazine rings is 1. The maximum atomic E-state index is 14.7. The van der Waals surface area contributed by atoms with Gasteiger partial charge >= 0.3 is 6.61 Å². The molecule has 3 N–H and O–H groups in total. The molecule has 1 saturated heterocycles. The van der Waals surface area contributed by atoms with E-state index < -0.39 is 35.8 Å². The fourth-order valence-electron chi connectivity index (χ4n) is 6.18. The third-order valence-corrected chi connectivity index (χ3v) is 9.17. The van der Waals surface area contributed by atoms with Crippen molar-refractivity contribution in [2.24, 2.45) is 30.5 Å². The lowest BCUT2D eigenvalue weighted by Crippen LogP contribution is -2.51. The number of rotatable bonds is 11. The number of nitrogens with one attached hydrogen (secondary N) is 1. The summed E-state index contributed by atoms with van der Waals surface area (Å²) in [5.41, 5.74) is 5.35. The van der Waals surface area contributed by atoms with E-state index in [1.165, 1.54) is 29.8 Å². The molecule has 262 valence electrons. The van der Waals surface area contributed by atoms with Gasteiger partial charge in [-0.05, 0) is 49.2 Å². The van der Waals surface area contributed by atoms with E-state index in [2.05, 4.69) is 15.0 Å². The molecule has 2 fully saturated rings. The molecule has 0 bridgehead atoms. The number of alkyl halides is 2. The summed E-state index contributed by atoms with van der Waals surface area (Å²) in [4.78, 5) is 59.8. The van der Waals surface area contributed by atoms with Gasteiger partial charge in [-0.25, -0.2) is 9.37 Å². The fourth-order valence-corrected chi connectivity index (χ4v) is 6.44. The van der Waals surface area contributed by atoms with Gasteiger partial charge in [-0.2, -0.15) is 13.2 Å². The smallest absolute Gasteiger partial charge is 0.387 e. The van der Waals surface area contributed by atoms with Gasteiger partial charge in [0.1, 0.15) is 0 Å². The standard InChI is InChI=1S/C32H34ClF4N7O5/c1-16-20(14-41(2)15-24(38)45)25(16)31(48)44-10-8-43(9-11-44)30(47)18-5-4-17(12-21(18)33)40-29(46)28-39-13-22(42(28)3)19-6-7-23(49-32(36)37)27(35)26(19)34/h4-7,12-13,16,20,25,32H,8-11,14-15H2,1-3H3,(H2,38,45)(H,40,46)/t16-,20+,25+/m1/s1. The number of aromatic nitrogens is 2. The minimum absolute atomic E-state index is 0.00909. The van der Waals surface area contributed by atoms with Crippen LogP contribution in [0.5, 0.6) is 5.75 Å². The van der Waals surface area contributed by atoms with Crippen LogP contribution in [0.4, 0.5) is 23.2 Å². The molecule has 3 atom stereocenters. The second kappa shape index (κ2) is 14.4. The number of hydrogen-bond donors (Lipinski definition) is 2. The molecule has 1 saturated carbocycles. The van der Waals surface area contributed by atoms with Crippen molar-refractivity contribution < 1.29 is 41.5 Å². The van der Waals surface area contributed by atoms with E-state index in [9.17, 15) is 36.7 Å². The lowest BCUT2D eigenvalue weighted by molar-refractivity contribution is -0.134. The zero-order valence-corrected chi connectivity index (χ0v) is 27.5. The number of hydrogen-bond acceptors (Lipinski definition) is 7. The maximum absolute atomic E-state index is 14.7. The Balaban J connectivity index is 1.17. The number of ether oxygens (including phenoxy) is 1. The highest BCUT2D eigenvalue weighted by Crippen LogP contribution is 2.47. The largest absolute Gasteiger partial charge is 0.432 e. The second-order valence-electron chi connectivity index (χ2n) is 12.1. The molecule has 12 nitrogen and oxygen atoms in total. The molecule has 4 amide bonds. The Morgan fingerprint density at radius 3 is 2.39 bits per heavy atom. The molecule has 2 aliphatic rings. The zero-order chi connectivity index (χ0) is 35.7. The molecule has 2 aromatic carbocycles. The number of carbonyl (C=O) groups excluding carboxylic acids is 4. The monoisotopic (exact) mass is 707 g/mol. The summed E-state index contributed by atoms with van der Waals surface area (Å²) in [6.45, 7) is 0.713. The Kier molecular flexibility index (Phi) is 10.5. The van der Waals surface area contributed by atoms with E-state index in [1.54, 1.807) is 16.8 Å². The summed E-state index contributed by atoms with van der Waals surface area (Å²) in [6, 6.07) is 6.19. The van der Waals surface area contributed by atoms with Crippen LogP contribution in [0.15, 0.2) is 36.5 Å². The fraction of sp³-hybridized carbons (Fsp3) is 0.406. The van der Waals surface area contributed by atoms with Gasteiger partial charge in [0.15, 0.2) is 17.4 Å². The SMILES string of the molecule is C[C@@H]1[C@H](CN(C)CC(N)=O)[C@H]1C(=O)N1CCN(C(=O)c2ccc(NC(=O)c3ncc(-c4ccc(OC(F)F)c(F)c4F)n3C)cc2Cl)CC1. The van der Waals surface area contributed by atoms with Crippen molar-refractivity contribution in [1.82, 2.24) is 24.3 Å². The first-order chi connectivity index (χ1) is 23.2. The average Bonchev–Trinajstić information content (AvgIpc) is 3.49. The van der Waals surface area contributed by atoms with Gasteiger partial charge in [0.05, 0.1) is 29.0 Å². The van der Waals surface area contributed by atoms with Crippen LogP contribution in [-0.4, -0.2) is 101 Å². The minimum atomic E-state index is -3.35. The van der Waals surface area contributed by atoms with Crippen LogP contribution < -0.4 is 15.8 Å². The topological polar surface area (TPSA) is 143 Å².